The van der Waals surface area contributed by atoms with Crippen molar-refractivity contribution in [1.29, 1.82) is 26.3 Å². The highest BCUT2D eigenvalue weighted by molar-refractivity contribution is 5.59. The summed E-state index contributed by atoms with van der Waals surface area (Å²) in [5, 5.41) is 50.4. The lowest BCUT2D eigenvalue weighted by atomic mass is 9.49. The minimum absolute atomic E-state index is 0.102. The van der Waals surface area contributed by atoms with Gasteiger partial charge in [0.25, 0.3) is 0 Å². The Hall–Kier alpha value is -4.57. The van der Waals surface area contributed by atoms with Crippen LogP contribution in [0.1, 0.15) is 23.0 Å². The molecule has 0 amide bonds. The van der Waals surface area contributed by atoms with Crippen molar-refractivity contribution in [3.63, 3.8) is 0 Å². The summed E-state index contributed by atoms with van der Waals surface area (Å²) in [5.41, 5.74) is 3.01. The molecule has 0 heterocycles. The minimum atomic E-state index is -2.04. The molecule has 1 aliphatic rings. The van der Waals surface area contributed by atoms with Crippen LogP contribution >= 0.6 is 0 Å². The predicted molar refractivity (Wildman–Crippen MR) is 103 cm³/mol. The van der Waals surface area contributed by atoms with E-state index in [1.807, 2.05) is 18.2 Å². The summed E-state index contributed by atoms with van der Waals surface area (Å²) in [5.74, 6) is -2.19. The van der Waals surface area contributed by atoms with Gasteiger partial charge in [-0.3, -0.25) is 0 Å². The molecule has 0 radical (unpaired) electrons. The molecule has 2 N–H and O–H groups in total. The molecular weight excluding hydrogens is 360 g/mol. The van der Waals surface area contributed by atoms with Gasteiger partial charge < -0.3 is 5.73 Å². The van der Waals surface area contributed by atoms with Crippen LogP contribution in [0.2, 0.25) is 0 Å². The van der Waals surface area contributed by atoms with Gasteiger partial charge in [-0.2, -0.15) is 26.3 Å². The molecule has 0 fully saturated rings. The van der Waals surface area contributed by atoms with Gasteiger partial charge in [-0.15, -0.1) is 0 Å². The monoisotopic (exact) mass is 374 g/mol. The number of allylic oxidation sites excluding steroid dienone is 2. The Kier molecular flexibility index (Phi) is 4.77. The van der Waals surface area contributed by atoms with Gasteiger partial charge in [0.05, 0.1) is 53.5 Å². The van der Waals surface area contributed by atoms with Gasteiger partial charge in [0, 0.05) is 0 Å². The highest BCUT2D eigenvalue weighted by Crippen LogP contribution is 2.62. The normalized spacial score (nSPS) is 21.5. The second-order valence-electron chi connectivity index (χ2n) is 6.75. The number of nitrogens with two attached hydrogens (primary N) is 1. The highest BCUT2D eigenvalue weighted by atomic mass is 14.7. The zero-order valence-corrected chi connectivity index (χ0v) is 15.2. The Bertz CT molecular complexity index is 1150. The van der Waals surface area contributed by atoms with Crippen molar-refractivity contribution in [3.8, 4) is 30.3 Å². The number of rotatable bonds is 2. The van der Waals surface area contributed by atoms with Gasteiger partial charge in [0.15, 0.2) is 10.8 Å². The van der Waals surface area contributed by atoms with E-state index in [1.165, 1.54) is 0 Å². The van der Waals surface area contributed by atoms with E-state index in [4.69, 9.17) is 5.73 Å². The van der Waals surface area contributed by atoms with Crippen LogP contribution in [0.25, 0.3) is 0 Å². The van der Waals surface area contributed by atoms with E-state index < -0.39 is 22.7 Å². The second-order valence-corrected chi connectivity index (χ2v) is 6.75. The SMILES string of the molecule is N#CC1=C(N)C(C#N)(C#N)[C@@H](c2ccccc2)C(C#N)(C#N)[C@@H]1c1ccccc1. The topological polar surface area (TPSA) is 145 Å². The first-order valence-corrected chi connectivity index (χ1v) is 8.71. The summed E-state index contributed by atoms with van der Waals surface area (Å²) >= 11 is 0. The standard InChI is InChI=1S/C23H14N6/c24-11-18-19(16-7-3-1-4-8-16)22(12-25,13-26)20(17-9-5-2-6-10-17)23(14-27,15-28)21(18)29/h1-10,19-20H,29H2/t19-,20+/m1/s1. The molecule has 0 saturated carbocycles. The average Bonchev–Trinajstić information content (AvgIpc) is 2.79. The lowest BCUT2D eigenvalue weighted by Crippen LogP contribution is -2.50. The Morgan fingerprint density at radius 2 is 1.17 bits per heavy atom. The summed E-state index contributed by atoms with van der Waals surface area (Å²) in [6.07, 6.45) is 0. The molecule has 2 atom stereocenters. The van der Waals surface area contributed by atoms with Crippen molar-refractivity contribution < 1.29 is 0 Å². The van der Waals surface area contributed by atoms with Crippen LogP contribution in [0.3, 0.4) is 0 Å². The Morgan fingerprint density at radius 3 is 1.59 bits per heavy atom. The third-order valence-electron chi connectivity index (χ3n) is 5.46. The van der Waals surface area contributed by atoms with Crippen LogP contribution in [0, 0.1) is 67.5 Å². The molecule has 2 aromatic rings. The quantitative estimate of drug-likeness (QED) is 0.853. The van der Waals surface area contributed by atoms with Crippen LogP contribution < -0.4 is 5.73 Å². The van der Waals surface area contributed by atoms with Gasteiger partial charge in [0.2, 0.25) is 0 Å². The molecule has 0 saturated heterocycles. The third kappa shape index (κ3) is 2.51. The molecule has 6 nitrogen and oxygen atoms in total. The van der Waals surface area contributed by atoms with Crippen molar-refractivity contribution >= 4 is 0 Å². The number of nitrogens with zero attached hydrogens (tertiary/aromatic N) is 5. The average molecular weight is 374 g/mol. The van der Waals surface area contributed by atoms with Crippen LogP contribution in [0.15, 0.2) is 71.9 Å². The maximum atomic E-state index is 10.3. The first-order chi connectivity index (χ1) is 14.1. The molecule has 0 spiro atoms. The summed E-state index contributed by atoms with van der Waals surface area (Å²) in [6.45, 7) is 0. The van der Waals surface area contributed by atoms with Crippen molar-refractivity contribution in [2.45, 2.75) is 11.8 Å². The maximum Gasteiger partial charge on any atom is 0.192 e. The highest BCUT2D eigenvalue weighted by Gasteiger charge is 2.64. The van der Waals surface area contributed by atoms with Crippen LogP contribution in [-0.4, -0.2) is 0 Å². The van der Waals surface area contributed by atoms with E-state index in [1.54, 1.807) is 60.7 Å². The summed E-state index contributed by atoms with van der Waals surface area (Å²) in [6, 6.07) is 27.1. The Labute approximate surface area is 168 Å². The fraction of sp³-hybridized carbons (Fsp3) is 0.174. The summed E-state index contributed by atoms with van der Waals surface area (Å²) in [4.78, 5) is 0. The van der Waals surface area contributed by atoms with Gasteiger partial charge >= 0.3 is 0 Å². The number of hydrogen-bond donors (Lipinski definition) is 1. The maximum absolute atomic E-state index is 10.3. The van der Waals surface area contributed by atoms with Gasteiger partial charge in [-0.1, -0.05) is 60.7 Å². The molecule has 136 valence electrons. The molecule has 0 unspecified atom stereocenters. The molecule has 3 rings (SSSR count). The first-order valence-electron chi connectivity index (χ1n) is 8.71. The lowest BCUT2D eigenvalue weighted by molar-refractivity contribution is 0.256. The lowest BCUT2D eigenvalue weighted by Gasteiger charge is -2.46. The molecule has 1 aliphatic carbocycles. The van der Waals surface area contributed by atoms with Gasteiger partial charge in [-0.25, -0.2) is 0 Å². The zero-order valence-electron chi connectivity index (χ0n) is 15.2. The Morgan fingerprint density at radius 1 is 0.690 bits per heavy atom. The van der Waals surface area contributed by atoms with Crippen molar-refractivity contribution in [1.82, 2.24) is 0 Å². The molecule has 0 aromatic heterocycles. The van der Waals surface area contributed by atoms with Gasteiger partial charge in [0.1, 0.15) is 0 Å². The van der Waals surface area contributed by atoms with Crippen LogP contribution in [0.4, 0.5) is 0 Å². The fourth-order valence-corrected chi connectivity index (χ4v) is 4.18. The first kappa shape index (κ1) is 19.2. The van der Waals surface area contributed by atoms with E-state index >= 15 is 0 Å². The smallest absolute Gasteiger partial charge is 0.192 e. The predicted octanol–water partition coefficient (Wildman–Crippen LogP) is 3.37. The van der Waals surface area contributed by atoms with Gasteiger partial charge in [-0.05, 0) is 11.1 Å². The van der Waals surface area contributed by atoms with Crippen molar-refractivity contribution in [2.75, 3.05) is 0 Å². The number of hydrogen-bond acceptors (Lipinski definition) is 6. The zero-order chi connectivity index (χ0) is 21.1. The molecule has 2 aromatic carbocycles. The Balaban J connectivity index is 2.54. The molecule has 0 bridgehead atoms. The van der Waals surface area contributed by atoms with Crippen LogP contribution in [0.5, 0.6) is 0 Å². The molecule has 6 heteroatoms. The van der Waals surface area contributed by atoms with Crippen molar-refractivity contribution in [2.24, 2.45) is 16.6 Å². The van der Waals surface area contributed by atoms with Crippen LogP contribution in [-0.2, 0) is 0 Å². The second kappa shape index (κ2) is 7.21. The number of benzene rings is 2. The fourth-order valence-electron chi connectivity index (χ4n) is 4.18. The molecular formula is C23H14N6. The number of nitriles is 5. The summed E-state index contributed by atoms with van der Waals surface area (Å²) < 4.78 is 0. The van der Waals surface area contributed by atoms with E-state index in [0.717, 1.165) is 0 Å². The van der Waals surface area contributed by atoms with E-state index in [0.29, 0.717) is 11.1 Å². The molecule has 29 heavy (non-hydrogen) atoms. The largest absolute Gasteiger partial charge is 0.399 e. The van der Waals surface area contributed by atoms with E-state index in [-0.39, 0.29) is 11.3 Å². The van der Waals surface area contributed by atoms with E-state index in [2.05, 4.69) is 12.1 Å². The minimum Gasteiger partial charge on any atom is -0.399 e. The summed E-state index contributed by atoms with van der Waals surface area (Å²) in [7, 11) is 0. The van der Waals surface area contributed by atoms with Crippen molar-refractivity contribution in [3.05, 3.63) is 83.1 Å². The third-order valence-corrected chi connectivity index (χ3v) is 5.46. The molecule has 0 aliphatic heterocycles. The van der Waals surface area contributed by atoms with E-state index in [9.17, 15) is 26.3 Å².